The van der Waals surface area contributed by atoms with Crippen LogP contribution in [0.2, 0.25) is 0 Å². The van der Waals surface area contributed by atoms with Gasteiger partial charge in [0, 0.05) is 11.5 Å². The molecule has 2 aromatic rings. The molecule has 0 radical (unpaired) electrons. The molecule has 1 fully saturated rings. The number of hydrogen-bond acceptors (Lipinski definition) is 1. The van der Waals surface area contributed by atoms with Gasteiger partial charge in [0.05, 0.1) is 5.41 Å². The van der Waals surface area contributed by atoms with Gasteiger partial charge in [-0.15, -0.1) is 5.73 Å². The van der Waals surface area contributed by atoms with Crippen LogP contribution in [0.15, 0.2) is 84.1 Å². The Morgan fingerprint density at radius 2 is 1.58 bits per heavy atom. The highest BCUT2D eigenvalue weighted by molar-refractivity contribution is 5.81. The van der Waals surface area contributed by atoms with Crippen LogP contribution in [0.1, 0.15) is 24.5 Å². The molecule has 1 heteroatoms. The molecule has 0 heterocycles. The number of rotatable bonds is 3. The van der Waals surface area contributed by atoms with Gasteiger partial charge in [-0.1, -0.05) is 72.8 Å². The van der Waals surface area contributed by atoms with Crippen molar-refractivity contribution < 1.29 is 4.79 Å². The highest BCUT2D eigenvalue weighted by Gasteiger charge is 2.49. The minimum atomic E-state index is -0.422. The molecule has 0 N–H and O–H groups in total. The zero-order valence-electron chi connectivity index (χ0n) is 13.8. The molecule has 2 aromatic carbocycles. The van der Waals surface area contributed by atoms with E-state index < -0.39 is 5.41 Å². The summed E-state index contributed by atoms with van der Waals surface area (Å²) < 4.78 is 0. The predicted molar refractivity (Wildman–Crippen MR) is 97.3 cm³/mol. The van der Waals surface area contributed by atoms with Crippen molar-refractivity contribution in [3.63, 3.8) is 0 Å². The molecule has 4 rings (SSSR count). The highest BCUT2D eigenvalue weighted by atomic mass is 16.1. The lowest BCUT2D eigenvalue weighted by Crippen LogP contribution is -2.25. The summed E-state index contributed by atoms with van der Waals surface area (Å²) >= 11 is 0. The molecular formula is C23H20O. The van der Waals surface area contributed by atoms with Crippen LogP contribution in [0, 0.1) is 17.3 Å². The summed E-state index contributed by atoms with van der Waals surface area (Å²) in [6.45, 7) is 2.06. The molecule has 0 amide bonds. The van der Waals surface area contributed by atoms with E-state index in [2.05, 4.69) is 49.1 Å². The summed E-state index contributed by atoms with van der Waals surface area (Å²) in [4.78, 5) is 11.9. The maximum Gasteiger partial charge on any atom is 0.131 e. The van der Waals surface area contributed by atoms with E-state index in [1.165, 1.54) is 0 Å². The summed E-state index contributed by atoms with van der Waals surface area (Å²) in [6.07, 6.45) is 6.60. The van der Waals surface area contributed by atoms with E-state index in [0.29, 0.717) is 11.8 Å². The van der Waals surface area contributed by atoms with Gasteiger partial charge in [-0.2, -0.15) is 0 Å². The largest absolute Gasteiger partial charge is 0.302 e. The number of aldehydes is 1. The van der Waals surface area contributed by atoms with Gasteiger partial charge in [-0.25, -0.2) is 0 Å². The number of allylic oxidation sites excluding steroid dienone is 3. The number of hydrogen-bond donors (Lipinski definition) is 0. The molecule has 2 aliphatic rings. The van der Waals surface area contributed by atoms with Crippen molar-refractivity contribution in [3.8, 4) is 0 Å². The van der Waals surface area contributed by atoms with E-state index in [4.69, 9.17) is 0 Å². The molecule has 0 aromatic heterocycles. The van der Waals surface area contributed by atoms with Gasteiger partial charge in [-0.05, 0) is 36.0 Å². The highest BCUT2D eigenvalue weighted by Crippen LogP contribution is 2.54. The van der Waals surface area contributed by atoms with Crippen molar-refractivity contribution in [2.75, 3.05) is 0 Å². The lowest BCUT2D eigenvalue weighted by molar-refractivity contribution is -0.114. The zero-order valence-corrected chi connectivity index (χ0v) is 13.8. The van der Waals surface area contributed by atoms with Crippen LogP contribution in [0.5, 0.6) is 0 Å². The zero-order chi connectivity index (χ0) is 16.6. The van der Waals surface area contributed by atoms with Gasteiger partial charge in [0.2, 0.25) is 0 Å². The Bertz CT molecular complexity index is 812. The standard InChI is InChI=1S/C23H20O/c1-23(16-24)20-13-12-19(14-20)22(23)15-21(17-8-4-2-5-9-17)18-10-6-3-7-11-18/h2-13,16,19-20H,14H2,1H3. The monoisotopic (exact) mass is 312 g/mol. The Balaban J connectivity index is 1.99. The molecule has 118 valence electrons. The lowest BCUT2D eigenvalue weighted by atomic mass is 9.75. The van der Waals surface area contributed by atoms with E-state index in [9.17, 15) is 4.79 Å². The molecule has 2 aliphatic carbocycles. The molecule has 3 atom stereocenters. The minimum absolute atomic E-state index is 0.315. The van der Waals surface area contributed by atoms with E-state index in [1.54, 1.807) is 0 Å². The van der Waals surface area contributed by atoms with Crippen molar-refractivity contribution in [1.29, 1.82) is 0 Å². The average molecular weight is 312 g/mol. The molecule has 2 bridgehead atoms. The number of carbonyl (C=O) groups is 1. The van der Waals surface area contributed by atoms with E-state index in [1.807, 2.05) is 36.4 Å². The average Bonchev–Trinajstić information content (AvgIpc) is 3.22. The summed E-state index contributed by atoms with van der Waals surface area (Å²) in [5.74, 6) is 0.655. The van der Waals surface area contributed by atoms with Gasteiger partial charge >= 0.3 is 0 Å². The third-order valence-electron chi connectivity index (χ3n) is 5.43. The second-order valence-electron chi connectivity index (χ2n) is 6.88. The number of benzene rings is 2. The van der Waals surface area contributed by atoms with Gasteiger partial charge in [0.15, 0.2) is 0 Å². The maximum absolute atomic E-state index is 11.9. The van der Waals surface area contributed by atoms with Crippen molar-refractivity contribution >= 4 is 11.9 Å². The van der Waals surface area contributed by atoms with Crippen molar-refractivity contribution in [2.45, 2.75) is 13.3 Å². The van der Waals surface area contributed by atoms with Crippen LogP contribution in [0.25, 0.3) is 5.57 Å². The molecule has 0 spiro atoms. The van der Waals surface area contributed by atoms with E-state index in [-0.39, 0.29) is 0 Å². The van der Waals surface area contributed by atoms with Crippen LogP contribution in [-0.4, -0.2) is 6.29 Å². The van der Waals surface area contributed by atoms with E-state index in [0.717, 1.165) is 35.0 Å². The summed E-state index contributed by atoms with van der Waals surface area (Å²) in [5, 5.41) is 0. The fourth-order valence-electron chi connectivity index (χ4n) is 3.99. The Hall–Kier alpha value is -2.63. The Labute approximate surface area is 143 Å². The molecule has 0 saturated heterocycles. The minimum Gasteiger partial charge on any atom is -0.302 e. The normalized spacial score (nSPS) is 27.1. The van der Waals surface area contributed by atoms with Crippen LogP contribution >= 0.6 is 0 Å². The first-order valence-electron chi connectivity index (χ1n) is 8.49. The van der Waals surface area contributed by atoms with Crippen molar-refractivity contribution in [3.05, 3.63) is 95.2 Å². The Morgan fingerprint density at radius 1 is 1.00 bits per heavy atom. The summed E-state index contributed by atoms with van der Waals surface area (Å²) in [5.41, 5.74) is 7.72. The quantitative estimate of drug-likeness (QED) is 0.440. The van der Waals surface area contributed by atoms with Crippen molar-refractivity contribution in [1.82, 2.24) is 0 Å². The Morgan fingerprint density at radius 3 is 2.12 bits per heavy atom. The molecule has 1 nitrogen and oxygen atoms in total. The van der Waals surface area contributed by atoms with Crippen LogP contribution in [-0.2, 0) is 4.79 Å². The van der Waals surface area contributed by atoms with Crippen molar-refractivity contribution in [2.24, 2.45) is 17.3 Å². The fourth-order valence-corrected chi connectivity index (χ4v) is 3.99. The first kappa shape index (κ1) is 14.9. The van der Waals surface area contributed by atoms with Gasteiger partial charge in [0.25, 0.3) is 0 Å². The van der Waals surface area contributed by atoms with Gasteiger partial charge < -0.3 is 4.79 Å². The SMILES string of the molecule is CC1(C=O)C(=C=C(c2ccccc2)c2ccccc2)C2C=CC1C2. The maximum atomic E-state index is 11.9. The number of carbonyl (C=O) groups excluding carboxylic acids is 1. The molecular weight excluding hydrogens is 292 g/mol. The third kappa shape index (κ3) is 2.29. The fraction of sp³-hybridized carbons (Fsp3) is 0.217. The molecule has 3 unspecified atom stereocenters. The molecule has 0 aliphatic heterocycles. The molecule has 24 heavy (non-hydrogen) atoms. The number of fused-ring (bicyclic) bond motifs is 2. The first-order valence-corrected chi connectivity index (χ1v) is 8.49. The smallest absolute Gasteiger partial charge is 0.131 e. The molecule has 1 saturated carbocycles. The van der Waals surface area contributed by atoms with Crippen LogP contribution < -0.4 is 0 Å². The second kappa shape index (κ2) is 5.78. The predicted octanol–water partition coefficient (Wildman–Crippen LogP) is 5.05. The summed E-state index contributed by atoms with van der Waals surface area (Å²) in [7, 11) is 0. The van der Waals surface area contributed by atoms with E-state index >= 15 is 0 Å². The third-order valence-corrected chi connectivity index (χ3v) is 5.43. The van der Waals surface area contributed by atoms with Crippen LogP contribution in [0.3, 0.4) is 0 Å². The van der Waals surface area contributed by atoms with Gasteiger partial charge in [0.1, 0.15) is 6.29 Å². The first-order chi connectivity index (χ1) is 11.7. The second-order valence-corrected chi connectivity index (χ2v) is 6.88. The Kier molecular flexibility index (Phi) is 3.59. The lowest BCUT2D eigenvalue weighted by Gasteiger charge is -2.26. The summed E-state index contributed by atoms with van der Waals surface area (Å²) in [6, 6.07) is 20.7. The van der Waals surface area contributed by atoms with Gasteiger partial charge in [-0.3, -0.25) is 0 Å². The van der Waals surface area contributed by atoms with Crippen LogP contribution in [0.4, 0.5) is 0 Å². The topological polar surface area (TPSA) is 17.1 Å².